The van der Waals surface area contributed by atoms with E-state index in [-0.39, 0.29) is 11.1 Å². The first kappa shape index (κ1) is 16.9. The summed E-state index contributed by atoms with van der Waals surface area (Å²) in [5.74, 6) is 0.397. The Morgan fingerprint density at radius 3 is 2.53 bits per heavy atom. The summed E-state index contributed by atoms with van der Waals surface area (Å²) in [5, 5.41) is 0.142. The van der Waals surface area contributed by atoms with E-state index in [1.54, 1.807) is 0 Å². The lowest BCUT2D eigenvalue weighted by Crippen LogP contribution is -2.45. The first-order valence-electron chi connectivity index (χ1n) is 6.84. The molecule has 1 rings (SSSR count). The fourth-order valence-electron chi connectivity index (χ4n) is 2.02. The van der Waals surface area contributed by atoms with Gasteiger partial charge < -0.3 is 4.43 Å². The zero-order chi connectivity index (χ0) is 14.8. The molecule has 0 radical (unpaired) electrons. The predicted octanol–water partition coefficient (Wildman–Crippen LogP) is 5.23. The quantitative estimate of drug-likeness (QED) is 0.512. The molecule has 0 unspecified atom stereocenters. The second-order valence-electron chi connectivity index (χ2n) is 6.82. The van der Waals surface area contributed by atoms with Crippen molar-refractivity contribution in [2.24, 2.45) is 0 Å². The molecule has 0 heterocycles. The number of hydrogen-bond acceptors (Lipinski definition) is 1. The molecule has 1 fully saturated rings. The van der Waals surface area contributed by atoms with Crippen molar-refractivity contribution in [2.45, 2.75) is 64.0 Å². The van der Waals surface area contributed by atoms with Crippen molar-refractivity contribution in [3.8, 4) is 0 Å². The van der Waals surface area contributed by atoms with Gasteiger partial charge in [0.1, 0.15) is 6.17 Å². The first-order valence-corrected chi connectivity index (χ1v) is 10.3. The highest BCUT2D eigenvalue weighted by Crippen LogP contribution is 2.40. The minimum Gasteiger partial charge on any atom is -0.413 e. The minimum absolute atomic E-state index is 0.0455. The second-order valence-corrected chi connectivity index (χ2v) is 11.9. The molecule has 0 N–H and O–H groups in total. The maximum Gasteiger partial charge on any atom is 0.192 e. The van der Waals surface area contributed by atoms with E-state index < -0.39 is 14.5 Å². The third-order valence-corrected chi connectivity index (χ3v) is 8.99. The Morgan fingerprint density at radius 2 is 2.05 bits per heavy atom. The van der Waals surface area contributed by atoms with Crippen LogP contribution in [0.15, 0.2) is 23.8 Å². The topological polar surface area (TPSA) is 9.23 Å². The summed E-state index contributed by atoms with van der Waals surface area (Å²) >= 11 is 5.73. The van der Waals surface area contributed by atoms with E-state index in [0.717, 1.165) is 12.0 Å². The van der Waals surface area contributed by atoms with Crippen LogP contribution >= 0.6 is 11.6 Å². The average molecular weight is 305 g/mol. The van der Waals surface area contributed by atoms with Crippen LogP contribution in [0.3, 0.4) is 0 Å². The minimum atomic E-state index is -1.85. The lowest BCUT2D eigenvalue weighted by atomic mass is 9.87. The Bertz CT molecular complexity index is 371. The Labute approximate surface area is 123 Å². The molecule has 19 heavy (non-hydrogen) atoms. The van der Waals surface area contributed by atoms with Crippen LogP contribution in [-0.2, 0) is 4.43 Å². The van der Waals surface area contributed by atoms with Crippen LogP contribution in [0, 0.1) is 0 Å². The van der Waals surface area contributed by atoms with Gasteiger partial charge in [0.25, 0.3) is 0 Å². The van der Waals surface area contributed by atoms with E-state index in [9.17, 15) is 4.39 Å². The van der Waals surface area contributed by atoms with Crippen molar-refractivity contribution in [1.82, 2.24) is 0 Å². The molecule has 0 aromatic rings. The maximum absolute atomic E-state index is 14.0. The predicted molar refractivity (Wildman–Crippen MR) is 84.1 cm³/mol. The third-order valence-electron chi connectivity index (χ3n) is 4.30. The van der Waals surface area contributed by atoms with Crippen molar-refractivity contribution in [3.63, 3.8) is 0 Å². The van der Waals surface area contributed by atoms with Crippen molar-refractivity contribution in [1.29, 1.82) is 0 Å². The first-order chi connectivity index (χ1) is 8.58. The van der Waals surface area contributed by atoms with Gasteiger partial charge in [-0.05, 0) is 35.7 Å². The Morgan fingerprint density at radius 1 is 1.47 bits per heavy atom. The smallest absolute Gasteiger partial charge is 0.192 e. The highest BCUT2D eigenvalue weighted by Gasteiger charge is 2.41. The number of allylic oxidation sites excluding steroid dienone is 2. The van der Waals surface area contributed by atoms with Crippen molar-refractivity contribution in [3.05, 3.63) is 23.8 Å². The zero-order valence-corrected chi connectivity index (χ0v) is 14.5. The van der Waals surface area contributed by atoms with E-state index in [1.165, 1.54) is 0 Å². The molecular weight excluding hydrogens is 279 g/mol. The Hall–Kier alpha value is -0.123. The third kappa shape index (κ3) is 4.17. The molecule has 0 amide bonds. The van der Waals surface area contributed by atoms with E-state index in [2.05, 4.69) is 40.4 Å². The van der Waals surface area contributed by atoms with E-state index in [4.69, 9.17) is 16.0 Å². The van der Waals surface area contributed by atoms with Gasteiger partial charge in [-0.1, -0.05) is 33.4 Å². The van der Waals surface area contributed by atoms with Gasteiger partial charge in [0.05, 0.1) is 6.10 Å². The van der Waals surface area contributed by atoms with Crippen LogP contribution in [-0.4, -0.2) is 26.5 Å². The fourth-order valence-corrected chi connectivity index (χ4v) is 3.58. The molecule has 4 heteroatoms. The monoisotopic (exact) mass is 304 g/mol. The van der Waals surface area contributed by atoms with E-state index >= 15 is 0 Å². The Kier molecular flexibility index (Phi) is 5.44. The molecule has 0 aromatic heterocycles. The highest BCUT2D eigenvalue weighted by atomic mass is 35.5. The van der Waals surface area contributed by atoms with E-state index in [0.29, 0.717) is 17.9 Å². The highest BCUT2D eigenvalue weighted by molar-refractivity contribution is 6.74. The second kappa shape index (κ2) is 6.11. The standard InChI is InChI=1S/C15H26ClFOSi/c1-11-12(7-8-16)9-13(10-14(11)17)18-19(5,6)15(2,3)4/h7,13-14H,1,8-10H2,2-6H3/t13-,14+/m1/s1. The van der Waals surface area contributed by atoms with Crippen LogP contribution in [0.2, 0.25) is 18.1 Å². The summed E-state index contributed by atoms with van der Waals surface area (Å²) in [4.78, 5) is 0. The van der Waals surface area contributed by atoms with Crippen molar-refractivity contribution < 1.29 is 8.82 Å². The molecule has 1 saturated carbocycles. The van der Waals surface area contributed by atoms with Gasteiger partial charge in [0.2, 0.25) is 0 Å². The molecule has 110 valence electrons. The molecule has 1 aliphatic rings. The maximum atomic E-state index is 14.0. The van der Waals surface area contributed by atoms with Gasteiger partial charge in [0.15, 0.2) is 8.32 Å². The molecular formula is C15H26ClFOSi. The van der Waals surface area contributed by atoms with Gasteiger partial charge in [-0.2, -0.15) is 0 Å². The molecule has 1 nitrogen and oxygen atoms in total. The number of alkyl halides is 2. The fraction of sp³-hybridized carbons (Fsp3) is 0.733. The van der Waals surface area contributed by atoms with Gasteiger partial charge in [-0.25, -0.2) is 4.39 Å². The van der Waals surface area contributed by atoms with Crippen LogP contribution < -0.4 is 0 Å². The molecule has 2 atom stereocenters. The molecule has 0 spiro atoms. The van der Waals surface area contributed by atoms with Gasteiger partial charge in [-0.15, -0.1) is 11.6 Å². The largest absolute Gasteiger partial charge is 0.413 e. The Balaban J connectivity index is 2.81. The molecule has 1 aliphatic carbocycles. The molecule has 0 saturated heterocycles. The lowest BCUT2D eigenvalue weighted by molar-refractivity contribution is 0.131. The normalized spacial score (nSPS) is 27.9. The average Bonchev–Trinajstić information content (AvgIpc) is 2.23. The number of halogens is 2. The van der Waals surface area contributed by atoms with Crippen molar-refractivity contribution in [2.75, 3.05) is 5.88 Å². The summed E-state index contributed by atoms with van der Waals surface area (Å²) in [6.07, 6.45) is 1.97. The lowest BCUT2D eigenvalue weighted by Gasteiger charge is -2.41. The van der Waals surface area contributed by atoms with Crippen LogP contribution in [0.1, 0.15) is 33.6 Å². The van der Waals surface area contributed by atoms with Crippen LogP contribution in [0.5, 0.6) is 0 Å². The molecule has 0 bridgehead atoms. The van der Waals surface area contributed by atoms with Crippen LogP contribution in [0.25, 0.3) is 0 Å². The van der Waals surface area contributed by atoms with Crippen molar-refractivity contribution >= 4 is 19.9 Å². The van der Waals surface area contributed by atoms with Gasteiger partial charge >= 0.3 is 0 Å². The number of hydrogen-bond donors (Lipinski definition) is 0. The summed E-state index contributed by atoms with van der Waals surface area (Å²) in [6.45, 7) is 14.8. The summed E-state index contributed by atoms with van der Waals surface area (Å²) in [5.41, 5.74) is 1.51. The van der Waals surface area contributed by atoms with Gasteiger partial charge in [-0.3, -0.25) is 0 Å². The number of rotatable bonds is 3. The molecule has 0 aromatic carbocycles. The zero-order valence-electron chi connectivity index (χ0n) is 12.7. The SMILES string of the molecule is C=C1C(=CCCl)C[C@@H](O[Si](C)(C)C(C)(C)C)C[C@@H]1F. The summed E-state index contributed by atoms with van der Waals surface area (Å²) in [6, 6.07) is 0. The van der Waals surface area contributed by atoms with Gasteiger partial charge in [0, 0.05) is 12.3 Å². The molecule has 0 aliphatic heterocycles. The summed E-state index contributed by atoms with van der Waals surface area (Å²) in [7, 11) is -1.85. The van der Waals surface area contributed by atoms with E-state index in [1.807, 2.05) is 6.08 Å². The van der Waals surface area contributed by atoms with Crippen LogP contribution in [0.4, 0.5) is 4.39 Å². The summed E-state index contributed by atoms with van der Waals surface area (Å²) < 4.78 is 20.3.